The lowest BCUT2D eigenvalue weighted by atomic mass is 10.1. The third-order valence-corrected chi connectivity index (χ3v) is 4.85. The van der Waals surface area contributed by atoms with Crippen LogP contribution in [0.25, 0.3) is 0 Å². The summed E-state index contributed by atoms with van der Waals surface area (Å²) in [6, 6.07) is 9.74. The second-order valence-electron chi connectivity index (χ2n) is 6.80. The first-order valence-corrected chi connectivity index (χ1v) is 9.04. The second kappa shape index (κ2) is 8.32. The largest absolute Gasteiger partial charge is 0.497 e. The maximum Gasteiger partial charge on any atom is 0.255 e. The average molecular weight is 354 g/mol. The number of methoxy groups -OCH3 is 1. The topological polar surface area (TPSA) is 51.7 Å². The van der Waals surface area contributed by atoms with Crippen molar-refractivity contribution in [3.05, 3.63) is 58.9 Å². The first kappa shape index (κ1) is 18.4. The van der Waals surface area contributed by atoms with Crippen LogP contribution in [-0.2, 0) is 11.3 Å². The molecule has 1 aromatic heterocycles. The molecule has 5 heteroatoms. The highest BCUT2D eigenvalue weighted by molar-refractivity contribution is 5.94. The third kappa shape index (κ3) is 4.41. The highest BCUT2D eigenvalue weighted by atomic mass is 16.5. The predicted octanol–water partition coefficient (Wildman–Crippen LogP) is 3.53. The minimum atomic E-state index is -0.00748. The van der Waals surface area contributed by atoms with Gasteiger partial charge < -0.3 is 14.4 Å². The summed E-state index contributed by atoms with van der Waals surface area (Å²) < 4.78 is 11.0. The van der Waals surface area contributed by atoms with Crippen molar-refractivity contribution in [2.45, 2.75) is 39.3 Å². The molecular weight excluding hydrogens is 328 g/mol. The van der Waals surface area contributed by atoms with Gasteiger partial charge in [0.05, 0.1) is 18.8 Å². The lowest BCUT2D eigenvalue weighted by molar-refractivity contribution is 0.0507. The molecule has 138 valence electrons. The number of rotatable bonds is 6. The summed E-state index contributed by atoms with van der Waals surface area (Å²) in [7, 11) is 1.65. The van der Waals surface area contributed by atoms with Crippen molar-refractivity contribution in [2.24, 2.45) is 0 Å². The van der Waals surface area contributed by atoms with Gasteiger partial charge in [0.25, 0.3) is 5.91 Å². The Bertz CT molecular complexity index is 752. The van der Waals surface area contributed by atoms with Crippen molar-refractivity contribution >= 4 is 5.91 Å². The Hall–Kier alpha value is -2.40. The van der Waals surface area contributed by atoms with Gasteiger partial charge in [0.1, 0.15) is 5.75 Å². The number of aromatic nitrogens is 1. The van der Waals surface area contributed by atoms with Crippen LogP contribution in [0.15, 0.2) is 36.5 Å². The fourth-order valence-electron chi connectivity index (χ4n) is 3.15. The summed E-state index contributed by atoms with van der Waals surface area (Å²) in [5.41, 5.74) is 3.66. The van der Waals surface area contributed by atoms with E-state index in [-0.39, 0.29) is 12.0 Å². The Morgan fingerprint density at radius 2 is 2.08 bits per heavy atom. The van der Waals surface area contributed by atoms with Crippen molar-refractivity contribution in [1.82, 2.24) is 9.88 Å². The molecule has 1 atom stereocenters. The zero-order valence-corrected chi connectivity index (χ0v) is 15.7. The van der Waals surface area contributed by atoms with Gasteiger partial charge in [-0.05, 0) is 56.0 Å². The van der Waals surface area contributed by atoms with Crippen LogP contribution in [0.4, 0.5) is 0 Å². The van der Waals surface area contributed by atoms with E-state index in [0.717, 1.165) is 42.0 Å². The minimum absolute atomic E-state index is 0.00748. The third-order valence-electron chi connectivity index (χ3n) is 4.85. The van der Waals surface area contributed by atoms with Crippen molar-refractivity contribution < 1.29 is 14.3 Å². The van der Waals surface area contributed by atoms with Crippen molar-refractivity contribution in [3.63, 3.8) is 0 Å². The molecule has 1 aliphatic rings. The molecule has 0 spiro atoms. The summed E-state index contributed by atoms with van der Waals surface area (Å²) >= 11 is 0. The van der Waals surface area contributed by atoms with Crippen LogP contribution < -0.4 is 4.74 Å². The van der Waals surface area contributed by atoms with Crippen LogP contribution in [0.5, 0.6) is 5.75 Å². The highest BCUT2D eigenvalue weighted by Gasteiger charge is 2.24. The monoisotopic (exact) mass is 354 g/mol. The van der Waals surface area contributed by atoms with Gasteiger partial charge in [0.15, 0.2) is 0 Å². The zero-order valence-electron chi connectivity index (χ0n) is 15.7. The smallest absolute Gasteiger partial charge is 0.255 e. The Labute approximate surface area is 155 Å². The van der Waals surface area contributed by atoms with Crippen LogP contribution in [0.2, 0.25) is 0 Å². The van der Waals surface area contributed by atoms with Gasteiger partial charge in [-0.25, -0.2) is 0 Å². The van der Waals surface area contributed by atoms with E-state index >= 15 is 0 Å². The van der Waals surface area contributed by atoms with E-state index in [1.165, 1.54) is 0 Å². The van der Waals surface area contributed by atoms with E-state index in [1.54, 1.807) is 13.3 Å². The average Bonchev–Trinajstić information content (AvgIpc) is 3.16. The summed E-state index contributed by atoms with van der Waals surface area (Å²) in [5, 5.41) is 0. The summed E-state index contributed by atoms with van der Waals surface area (Å²) in [4.78, 5) is 19.3. The molecule has 5 nitrogen and oxygen atoms in total. The van der Waals surface area contributed by atoms with Gasteiger partial charge >= 0.3 is 0 Å². The quantitative estimate of drug-likeness (QED) is 0.796. The van der Waals surface area contributed by atoms with E-state index in [9.17, 15) is 4.79 Å². The number of hydrogen-bond acceptors (Lipinski definition) is 4. The summed E-state index contributed by atoms with van der Waals surface area (Å²) in [6.07, 6.45) is 3.83. The van der Waals surface area contributed by atoms with Gasteiger partial charge in [0, 0.05) is 31.6 Å². The second-order valence-corrected chi connectivity index (χ2v) is 6.80. The molecule has 1 saturated heterocycles. The Morgan fingerprint density at radius 1 is 1.31 bits per heavy atom. The normalized spacial score (nSPS) is 16.5. The fraction of sp³-hybridized carbons (Fsp3) is 0.429. The number of amides is 1. The van der Waals surface area contributed by atoms with Crippen LogP contribution in [-0.4, -0.2) is 42.2 Å². The molecule has 0 aliphatic carbocycles. The molecule has 2 heterocycles. The van der Waals surface area contributed by atoms with Gasteiger partial charge in [-0.1, -0.05) is 12.1 Å². The number of aryl methyl sites for hydroxylation is 2. The lowest BCUT2D eigenvalue weighted by Gasteiger charge is -2.26. The highest BCUT2D eigenvalue weighted by Crippen LogP contribution is 2.19. The van der Waals surface area contributed by atoms with Crippen molar-refractivity contribution in [2.75, 3.05) is 20.3 Å². The molecule has 1 amide bonds. The molecule has 3 rings (SSSR count). The van der Waals surface area contributed by atoms with Crippen LogP contribution in [0.3, 0.4) is 0 Å². The fourth-order valence-corrected chi connectivity index (χ4v) is 3.15. The van der Waals surface area contributed by atoms with Gasteiger partial charge in [-0.15, -0.1) is 0 Å². The number of ether oxygens (including phenoxy) is 2. The summed E-state index contributed by atoms with van der Waals surface area (Å²) in [5.74, 6) is 0.802. The van der Waals surface area contributed by atoms with Crippen LogP contribution in [0.1, 0.15) is 40.0 Å². The SMILES string of the molecule is COc1ccc(CN(C[C@@H]2CCCO2)C(=O)c2cnc(C)c(C)c2)cc1. The maximum absolute atomic E-state index is 13.1. The molecule has 0 saturated carbocycles. The van der Waals surface area contributed by atoms with Crippen molar-refractivity contribution in [1.29, 1.82) is 0 Å². The lowest BCUT2D eigenvalue weighted by Crippen LogP contribution is -2.37. The van der Waals surface area contributed by atoms with E-state index < -0.39 is 0 Å². The molecule has 2 aromatic rings. The van der Waals surface area contributed by atoms with Gasteiger partial charge in [-0.2, -0.15) is 0 Å². The molecule has 26 heavy (non-hydrogen) atoms. The number of benzene rings is 1. The summed E-state index contributed by atoms with van der Waals surface area (Å²) in [6.45, 7) is 5.84. The Balaban J connectivity index is 1.80. The molecule has 1 aliphatic heterocycles. The maximum atomic E-state index is 13.1. The van der Waals surface area contributed by atoms with E-state index in [1.807, 2.05) is 49.1 Å². The number of pyridine rings is 1. The predicted molar refractivity (Wildman–Crippen MR) is 100 cm³/mol. The first-order chi connectivity index (χ1) is 12.6. The number of carbonyl (C=O) groups excluding carboxylic acids is 1. The standard InChI is InChI=1S/C21H26N2O3/c1-15-11-18(12-22-16(15)2)21(24)23(14-20-5-4-10-26-20)13-17-6-8-19(25-3)9-7-17/h6-9,11-12,20H,4-5,10,13-14H2,1-3H3/t20-/m0/s1. The molecule has 1 aromatic carbocycles. The Morgan fingerprint density at radius 3 is 2.69 bits per heavy atom. The first-order valence-electron chi connectivity index (χ1n) is 9.04. The van der Waals surface area contributed by atoms with E-state index in [2.05, 4.69) is 4.98 Å². The number of nitrogens with zero attached hydrogens (tertiary/aromatic N) is 2. The van der Waals surface area contributed by atoms with Gasteiger partial charge in [-0.3, -0.25) is 9.78 Å². The zero-order chi connectivity index (χ0) is 18.5. The number of hydrogen-bond donors (Lipinski definition) is 0. The van der Waals surface area contributed by atoms with Crippen molar-refractivity contribution in [3.8, 4) is 5.75 Å². The molecule has 1 fully saturated rings. The molecule has 0 bridgehead atoms. The van der Waals surface area contributed by atoms with Crippen LogP contribution >= 0.6 is 0 Å². The molecule has 0 radical (unpaired) electrons. The molecule has 0 unspecified atom stereocenters. The van der Waals surface area contributed by atoms with E-state index in [0.29, 0.717) is 18.7 Å². The van der Waals surface area contributed by atoms with Crippen LogP contribution in [0, 0.1) is 13.8 Å². The molecule has 0 N–H and O–H groups in total. The Kier molecular flexibility index (Phi) is 5.89. The minimum Gasteiger partial charge on any atom is -0.497 e. The van der Waals surface area contributed by atoms with E-state index in [4.69, 9.17) is 9.47 Å². The van der Waals surface area contributed by atoms with Gasteiger partial charge in [0.2, 0.25) is 0 Å². The molecular formula is C21H26N2O3. The number of carbonyl (C=O) groups is 1.